The third kappa shape index (κ3) is 2.68. The van der Waals surface area contributed by atoms with Gasteiger partial charge in [0.15, 0.2) is 5.69 Å². The van der Waals surface area contributed by atoms with Crippen molar-refractivity contribution in [2.75, 3.05) is 39.0 Å². The lowest BCUT2D eigenvalue weighted by molar-refractivity contribution is 0.0659. The summed E-state index contributed by atoms with van der Waals surface area (Å²) in [5.74, 6) is -0.118. The Balaban J connectivity index is 2.14. The van der Waals surface area contributed by atoms with E-state index in [1.807, 2.05) is 7.05 Å². The maximum atomic E-state index is 12.2. The van der Waals surface area contributed by atoms with Crippen LogP contribution in [0, 0.1) is 0 Å². The maximum absolute atomic E-state index is 12.2. The van der Waals surface area contributed by atoms with Gasteiger partial charge in [0.25, 0.3) is 5.91 Å². The number of amides is 1. The molecule has 2 rings (SSSR count). The summed E-state index contributed by atoms with van der Waals surface area (Å²) in [4.78, 5) is 20.1. The molecule has 6 heteroatoms. The Hall–Kier alpha value is -1.33. The van der Waals surface area contributed by atoms with E-state index in [9.17, 15) is 4.79 Å². The highest BCUT2D eigenvalue weighted by atomic mass is 35.5. The zero-order valence-corrected chi connectivity index (χ0v) is 10.4. The molecule has 0 aliphatic carbocycles. The number of nitrogens with zero attached hydrogens (tertiary/aromatic N) is 3. The molecule has 1 aliphatic rings. The van der Waals surface area contributed by atoms with Crippen LogP contribution in [0.1, 0.15) is 10.5 Å². The minimum absolute atomic E-state index is 0.118. The number of carbonyl (C=O) groups excluding carboxylic acids is 1. The van der Waals surface area contributed by atoms with Gasteiger partial charge in [-0.25, -0.2) is 4.98 Å². The molecule has 1 fully saturated rings. The molecule has 17 heavy (non-hydrogen) atoms. The summed E-state index contributed by atoms with van der Waals surface area (Å²) in [5.41, 5.74) is 6.38. The molecule has 0 spiro atoms. The molecule has 1 aromatic rings. The summed E-state index contributed by atoms with van der Waals surface area (Å²) in [6, 6.07) is 1.55. The number of piperazine rings is 1. The number of aromatic nitrogens is 1. The van der Waals surface area contributed by atoms with Gasteiger partial charge in [-0.1, -0.05) is 11.6 Å². The van der Waals surface area contributed by atoms with Crippen LogP contribution in [-0.2, 0) is 0 Å². The van der Waals surface area contributed by atoms with Gasteiger partial charge in [0.05, 0.1) is 10.7 Å². The smallest absolute Gasteiger partial charge is 0.274 e. The predicted molar refractivity (Wildman–Crippen MR) is 67.1 cm³/mol. The Morgan fingerprint density at radius 3 is 2.65 bits per heavy atom. The minimum Gasteiger partial charge on any atom is -0.397 e. The fraction of sp³-hybridized carbons (Fsp3) is 0.455. The van der Waals surface area contributed by atoms with E-state index in [-0.39, 0.29) is 5.91 Å². The van der Waals surface area contributed by atoms with Gasteiger partial charge in [0.2, 0.25) is 0 Å². The first-order chi connectivity index (χ1) is 8.08. The number of pyridine rings is 1. The largest absolute Gasteiger partial charge is 0.397 e. The van der Waals surface area contributed by atoms with Gasteiger partial charge in [-0.15, -0.1) is 0 Å². The highest BCUT2D eigenvalue weighted by Crippen LogP contribution is 2.17. The number of hydrogen-bond donors (Lipinski definition) is 1. The maximum Gasteiger partial charge on any atom is 0.274 e. The molecule has 0 aromatic carbocycles. The van der Waals surface area contributed by atoms with Gasteiger partial charge < -0.3 is 15.5 Å². The third-order valence-corrected chi connectivity index (χ3v) is 3.08. The highest BCUT2D eigenvalue weighted by molar-refractivity contribution is 6.30. The van der Waals surface area contributed by atoms with E-state index in [4.69, 9.17) is 17.3 Å². The van der Waals surface area contributed by atoms with E-state index in [1.54, 1.807) is 11.0 Å². The second-order valence-corrected chi connectivity index (χ2v) is 4.62. The van der Waals surface area contributed by atoms with Gasteiger partial charge in [-0.2, -0.15) is 0 Å². The summed E-state index contributed by atoms with van der Waals surface area (Å²) < 4.78 is 0. The van der Waals surface area contributed by atoms with Crippen LogP contribution in [0.25, 0.3) is 0 Å². The Kier molecular flexibility index (Phi) is 3.49. The fourth-order valence-corrected chi connectivity index (χ4v) is 1.96. The van der Waals surface area contributed by atoms with Crippen molar-refractivity contribution in [3.8, 4) is 0 Å². The summed E-state index contributed by atoms with van der Waals surface area (Å²) >= 11 is 5.75. The van der Waals surface area contributed by atoms with Crippen molar-refractivity contribution in [2.45, 2.75) is 0 Å². The molecule has 1 amide bonds. The second-order valence-electron chi connectivity index (χ2n) is 4.19. The normalized spacial score (nSPS) is 17.2. The van der Waals surface area contributed by atoms with Crippen LogP contribution in [0.2, 0.25) is 5.02 Å². The van der Waals surface area contributed by atoms with E-state index in [1.165, 1.54) is 6.20 Å². The van der Waals surface area contributed by atoms with Crippen LogP contribution in [0.15, 0.2) is 12.3 Å². The van der Waals surface area contributed by atoms with Gasteiger partial charge >= 0.3 is 0 Å². The Labute approximate surface area is 105 Å². The van der Waals surface area contributed by atoms with Crippen molar-refractivity contribution in [2.24, 2.45) is 0 Å². The van der Waals surface area contributed by atoms with E-state index in [0.29, 0.717) is 29.5 Å². The SMILES string of the molecule is CN1CCN(C(=O)c2ncc(Cl)cc2N)CC1. The highest BCUT2D eigenvalue weighted by Gasteiger charge is 2.22. The number of nitrogens with two attached hydrogens (primary N) is 1. The summed E-state index contributed by atoms with van der Waals surface area (Å²) in [6.45, 7) is 3.16. The van der Waals surface area contributed by atoms with Crippen LogP contribution in [0.5, 0.6) is 0 Å². The molecule has 5 nitrogen and oxygen atoms in total. The number of likely N-dealkylation sites (N-methyl/N-ethyl adjacent to an activating group) is 1. The van der Waals surface area contributed by atoms with E-state index in [0.717, 1.165) is 13.1 Å². The van der Waals surface area contributed by atoms with Gasteiger partial charge in [-0.05, 0) is 13.1 Å². The topological polar surface area (TPSA) is 62.5 Å². The van der Waals surface area contributed by atoms with Crippen LogP contribution in [-0.4, -0.2) is 53.9 Å². The molecule has 1 aliphatic heterocycles. The molecular formula is C11H15ClN4O. The zero-order chi connectivity index (χ0) is 12.4. The average molecular weight is 255 g/mol. The number of anilines is 1. The lowest BCUT2D eigenvalue weighted by Crippen LogP contribution is -2.47. The van der Waals surface area contributed by atoms with Gasteiger partial charge in [0, 0.05) is 32.4 Å². The Morgan fingerprint density at radius 1 is 1.41 bits per heavy atom. The lowest BCUT2D eigenvalue weighted by atomic mass is 10.2. The van der Waals surface area contributed by atoms with Gasteiger partial charge in [-0.3, -0.25) is 4.79 Å². The number of halogens is 1. The molecule has 0 bridgehead atoms. The fourth-order valence-electron chi connectivity index (χ4n) is 1.79. The van der Waals surface area contributed by atoms with Crippen molar-refractivity contribution in [3.63, 3.8) is 0 Å². The molecular weight excluding hydrogens is 240 g/mol. The van der Waals surface area contributed by atoms with Crippen LogP contribution >= 0.6 is 11.6 Å². The quantitative estimate of drug-likeness (QED) is 0.802. The van der Waals surface area contributed by atoms with E-state index >= 15 is 0 Å². The lowest BCUT2D eigenvalue weighted by Gasteiger charge is -2.32. The van der Waals surface area contributed by atoms with Crippen molar-refractivity contribution >= 4 is 23.2 Å². The van der Waals surface area contributed by atoms with Crippen molar-refractivity contribution < 1.29 is 4.79 Å². The molecule has 1 saturated heterocycles. The molecule has 2 N–H and O–H groups in total. The molecule has 2 heterocycles. The zero-order valence-electron chi connectivity index (χ0n) is 9.69. The van der Waals surface area contributed by atoms with Crippen LogP contribution < -0.4 is 5.73 Å². The Bertz CT molecular complexity index is 429. The standard InChI is InChI=1S/C11H15ClN4O/c1-15-2-4-16(5-3-15)11(17)10-9(13)6-8(12)7-14-10/h6-7H,2-5,13H2,1H3. The molecule has 0 saturated carbocycles. The Morgan fingerprint density at radius 2 is 2.06 bits per heavy atom. The van der Waals surface area contributed by atoms with E-state index in [2.05, 4.69) is 9.88 Å². The summed E-state index contributed by atoms with van der Waals surface area (Å²) in [6.07, 6.45) is 1.45. The average Bonchev–Trinajstić information content (AvgIpc) is 2.29. The summed E-state index contributed by atoms with van der Waals surface area (Å²) in [5, 5.41) is 0.442. The van der Waals surface area contributed by atoms with Crippen molar-refractivity contribution in [1.29, 1.82) is 0 Å². The van der Waals surface area contributed by atoms with Gasteiger partial charge in [0.1, 0.15) is 0 Å². The van der Waals surface area contributed by atoms with Crippen molar-refractivity contribution in [1.82, 2.24) is 14.8 Å². The minimum atomic E-state index is -0.118. The van der Waals surface area contributed by atoms with Crippen LogP contribution in [0.4, 0.5) is 5.69 Å². The molecule has 0 radical (unpaired) electrons. The van der Waals surface area contributed by atoms with Crippen molar-refractivity contribution in [3.05, 3.63) is 23.0 Å². The second kappa shape index (κ2) is 4.89. The molecule has 1 aromatic heterocycles. The first-order valence-corrected chi connectivity index (χ1v) is 5.84. The number of carbonyl (C=O) groups is 1. The number of hydrogen-bond acceptors (Lipinski definition) is 4. The molecule has 0 atom stereocenters. The van der Waals surface area contributed by atoms with E-state index < -0.39 is 0 Å². The number of nitrogen functional groups attached to an aromatic ring is 1. The predicted octanol–water partition coefficient (Wildman–Crippen LogP) is 0.705. The first-order valence-electron chi connectivity index (χ1n) is 5.47. The third-order valence-electron chi connectivity index (χ3n) is 2.88. The van der Waals surface area contributed by atoms with Crippen LogP contribution in [0.3, 0.4) is 0 Å². The molecule has 0 unspecified atom stereocenters. The number of rotatable bonds is 1. The monoisotopic (exact) mass is 254 g/mol. The summed E-state index contributed by atoms with van der Waals surface area (Å²) in [7, 11) is 2.04. The first kappa shape index (κ1) is 12.1. The molecule has 92 valence electrons.